The van der Waals surface area contributed by atoms with E-state index in [4.69, 9.17) is 22.5 Å². The number of benzene rings is 1. The number of carbonyl (C=O) groups excluding carboxylic acids is 1. The number of hydrogen-bond donors (Lipinski definition) is 4. The van der Waals surface area contributed by atoms with Gasteiger partial charge >= 0.3 is 0 Å². The Bertz CT molecular complexity index is 491. The third kappa shape index (κ3) is 4.33. The minimum atomic E-state index is -0.438. The fourth-order valence-corrected chi connectivity index (χ4v) is 1.72. The number of rotatable bonds is 5. The molecule has 1 aromatic carbocycles. The van der Waals surface area contributed by atoms with Crippen molar-refractivity contribution in [2.24, 2.45) is 10.9 Å². The second-order valence-corrected chi connectivity index (χ2v) is 4.47. The van der Waals surface area contributed by atoms with E-state index in [1.54, 1.807) is 0 Å². The maximum atomic E-state index is 12.0. The maximum Gasteiger partial charge on any atom is 0.255 e. The number of nitrogens with zero attached hydrogens (tertiary/aromatic N) is 1. The Balaban J connectivity index is 2.77. The average molecular weight is 286 g/mol. The molecular formula is C12H16ClN3O3. The van der Waals surface area contributed by atoms with Crippen LogP contribution in [-0.4, -0.2) is 28.1 Å². The Kier molecular flexibility index (Phi) is 5.44. The lowest BCUT2D eigenvalue weighted by atomic mass is 10.1. The summed E-state index contributed by atoms with van der Waals surface area (Å²) in [6.45, 7) is 1.86. The highest BCUT2D eigenvalue weighted by Crippen LogP contribution is 2.21. The molecule has 104 valence electrons. The number of nitrogens with one attached hydrogen (secondary N) is 1. The van der Waals surface area contributed by atoms with Crippen molar-refractivity contribution in [2.75, 3.05) is 0 Å². The molecule has 0 aliphatic carbocycles. The first-order valence-electron chi connectivity index (χ1n) is 5.73. The molecule has 0 saturated heterocycles. The first kappa shape index (κ1) is 15.1. The van der Waals surface area contributed by atoms with Crippen LogP contribution in [0.3, 0.4) is 0 Å². The van der Waals surface area contributed by atoms with Crippen molar-refractivity contribution >= 4 is 23.3 Å². The summed E-state index contributed by atoms with van der Waals surface area (Å²) in [5.41, 5.74) is 5.52. The smallest absolute Gasteiger partial charge is 0.255 e. The standard InChI is InChI=1S/C12H16ClN3O3/c1-2-8(6-11(14)16-19)15-12(18)9-4-3-7(13)5-10(9)17/h3-5,8,17,19H,2,6H2,1H3,(H2,14,16)(H,15,18). The van der Waals surface area contributed by atoms with Crippen molar-refractivity contribution < 1.29 is 15.1 Å². The van der Waals surface area contributed by atoms with Crippen LogP contribution in [0.25, 0.3) is 0 Å². The van der Waals surface area contributed by atoms with Crippen molar-refractivity contribution in [1.82, 2.24) is 5.32 Å². The summed E-state index contributed by atoms with van der Waals surface area (Å²) in [6.07, 6.45) is 0.837. The average Bonchev–Trinajstić information content (AvgIpc) is 2.37. The number of carbonyl (C=O) groups is 1. The molecule has 1 amide bonds. The van der Waals surface area contributed by atoms with Crippen molar-refractivity contribution in [2.45, 2.75) is 25.8 Å². The number of phenolic OH excluding ortho intramolecular Hbond substituents is 1. The summed E-state index contributed by atoms with van der Waals surface area (Å²) in [5, 5.41) is 24.0. The van der Waals surface area contributed by atoms with Gasteiger partial charge in [-0.2, -0.15) is 0 Å². The van der Waals surface area contributed by atoms with Gasteiger partial charge in [-0.1, -0.05) is 23.7 Å². The summed E-state index contributed by atoms with van der Waals surface area (Å²) >= 11 is 5.69. The lowest BCUT2D eigenvalue weighted by Crippen LogP contribution is -2.37. The zero-order chi connectivity index (χ0) is 14.4. The lowest BCUT2D eigenvalue weighted by molar-refractivity contribution is 0.0934. The van der Waals surface area contributed by atoms with E-state index in [9.17, 15) is 9.90 Å². The second-order valence-electron chi connectivity index (χ2n) is 4.04. The predicted octanol–water partition coefficient (Wildman–Crippen LogP) is 1.69. The van der Waals surface area contributed by atoms with Crippen LogP contribution in [-0.2, 0) is 0 Å². The van der Waals surface area contributed by atoms with E-state index in [2.05, 4.69) is 10.5 Å². The van der Waals surface area contributed by atoms with Gasteiger partial charge in [0.1, 0.15) is 11.6 Å². The fraction of sp³-hybridized carbons (Fsp3) is 0.333. The van der Waals surface area contributed by atoms with Gasteiger partial charge in [0.05, 0.1) is 5.56 Å². The van der Waals surface area contributed by atoms with E-state index in [-0.39, 0.29) is 29.6 Å². The van der Waals surface area contributed by atoms with Gasteiger partial charge in [0.25, 0.3) is 5.91 Å². The van der Waals surface area contributed by atoms with Gasteiger partial charge in [0.15, 0.2) is 0 Å². The largest absolute Gasteiger partial charge is 0.507 e. The quantitative estimate of drug-likeness (QED) is 0.286. The van der Waals surface area contributed by atoms with Crippen molar-refractivity contribution in [3.63, 3.8) is 0 Å². The van der Waals surface area contributed by atoms with Gasteiger partial charge in [-0.05, 0) is 24.6 Å². The van der Waals surface area contributed by atoms with E-state index in [1.165, 1.54) is 18.2 Å². The molecule has 0 radical (unpaired) electrons. The number of halogens is 1. The monoisotopic (exact) mass is 285 g/mol. The topological polar surface area (TPSA) is 108 Å². The first-order chi connectivity index (χ1) is 8.97. The molecule has 0 aromatic heterocycles. The molecule has 0 heterocycles. The number of amides is 1. The molecular weight excluding hydrogens is 270 g/mol. The summed E-state index contributed by atoms with van der Waals surface area (Å²) in [5.74, 6) is -0.595. The highest BCUT2D eigenvalue weighted by Gasteiger charge is 2.16. The normalized spacial score (nSPS) is 13.1. The summed E-state index contributed by atoms with van der Waals surface area (Å²) in [7, 11) is 0. The van der Waals surface area contributed by atoms with Gasteiger partial charge in [-0.3, -0.25) is 4.79 Å². The maximum absolute atomic E-state index is 12.0. The molecule has 1 aromatic rings. The lowest BCUT2D eigenvalue weighted by Gasteiger charge is -2.16. The molecule has 19 heavy (non-hydrogen) atoms. The predicted molar refractivity (Wildman–Crippen MR) is 72.7 cm³/mol. The highest BCUT2D eigenvalue weighted by molar-refractivity contribution is 6.30. The van der Waals surface area contributed by atoms with Crippen molar-refractivity contribution in [3.05, 3.63) is 28.8 Å². The van der Waals surface area contributed by atoms with E-state index < -0.39 is 5.91 Å². The minimum absolute atomic E-state index is 0.0347. The molecule has 5 N–H and O–H groups in total. The van der Waals surface area contributed by atoms with E-state index >= 15 is 0 Å². The number of aromatic hydroxyl groups is 1. The van der Waals surface area contributed by atoms with E-state index in [1.807, 2.05) is 6.92 Å². The Labute approximate surface area is 115 Å². The molecule has 0 aliphatic rings. The zero-order valence-electron chi connectivity index (χ0n) is 10.4. The Morgan fingerprint density at radius 3 is 2.79 bits per heavy atom. The number of oxime groups is 1. The minimum Gasteiger partial charge on any atom is -0.507 e. The Hall–Kier alpha value is -1.95. The molecule has 0 aliphatic heterocycles. The van der Waals surface area contributed by atoms with Gasteiger partial charge in [0.2, 0.25) is 0 Å². The van der Waals surface area contributed by atoms with E-state index in [0.29, 0.717) is 11.4 Å². The van der Waals surface area contributed by atoms with Crippen LogP contribution in [0.2, 0.25) is 5.02 Å². The molecule has 0 fully saturated rings. The number of amidine groups is 1. The molecule has 0 spiro atoms. The van der Waals surface area contributed by atoms with Crippen LogP contribution in [0, 0.1) is 0 Å². The van der Waals surface area contributed by atoms with Crippen molar-refractivity contribution in [1.29, 1.82) is 0 Å². The third-order valence-electron chi connectivity index (χ3n) is 2.62. The second kappa shape index (κ2) is 6.84. The Morgan fingerprint density at radius 1 is 1.58 bits per heavy atom. The summed E-state index contributed by atoms with van der Waals surface area (Å²) in [6, 6.07) is 3.96. The van der Waals surface area contributed by atoms with Crippen LogP contribution in [0.1, 0.15) is 30.1 Å². The third-order valence-corrected chi connectivity index (χ3v) is 2.85. The van der Waals surface area contributed by atoms with Gasteiger partial charge in [0, 0.05) is 17.5 Å². The first-order valence-corrected chi connectivity index (χ1v) is 6.11. The number of hydrogen-bond acceptors (Lipinski definition) is 4. The molecule has 0 saturated carbocycles. The summed E-state index contributed by atoms with van der Waals surface area (Å²) in [4.78, 5) is 12.0. The van der Waals surface area contributed by atoms with Crippen LogP contribution >= 0.6 is 11.6 Å². The number of nitrogens with two attached hydrogens (primary N) is 1. The van der Waals surface area contributed by atoms with Crippen LogP contribution in [0.4, 0.5) is 0 Å². The fourth-order valence-electron chi connectivity index (χ4n) is 1.55. The summed E-state index contributed by atoms with van der Waals surface area (Å²) < 4.78 is 0. The van der Waals surface area contributed by atoms with Crippen LogP contribution in [0.5, 0.6) is 5.75 Å². The molecule has 6 nitrogen and oxygen atoms in total. The van der Waals surface area contributed by atoms with Crippen molar-refractivity contribution in [3.8, 4) is 5.75 Å². The molecule has 1 unspecified atom stereocenters. The molecule has 1 rings (SSSR count). The van der Waals surface area contributed by atoms with Gasteiger partial charge < -0.3 is 21.4 Å². The Morgan fingerprint density at radius 2 is 2.26 bits per heavy atom. The molecule has 1 atom stereocenters. The van der Waals surface area contributed by atoms with Crippen LogP contribution in [0.15, 0.2) is 23.4 Å². The molecule has 7 heteroatoms. The SMILES string of the molecule is CCC(CC(N)=NO)NC(=O)c1ccc(Cl)cc1O. The van der Waals surface area contributed by atoms with Gasteiger partial charge in [-0.25, -0.2) is 0 Å². The highest BCUT2D eigenvalue weighted by atomic mass is 35.5. The number of phenols is 1. The zero-order valence-corrected chi connectivity index (χ0v) is 11.2. The van der Waals surface area contributed by atoms with Gasteiger partial charge in [-0.15, -0.1) is 0 Å². The van der Waals surface area contributed by atoms with E-state index in [0.717, 1.165) is 0 Å². The molecule has 0 bridgehead atoms. The van der Waals surface area contributed by atoms with Crippen LogP contribution < -0.4 is 11.1 Å².